The van der Waals surface area contributed by atoms with Gasteiger partial charge in [0.05, 0.1) is 11.8 Å². The van der Waals surface area contributed by atoms with Gasteiger partial charge in [-0.2, -0.15) is 0 Å². The van der Waals surface area contributed by atoms with E-state index in [0.29, 0.717) is 18.1 Å². The Labute approximate surface area is 106 Å². The van der Waals surface area contributed by atoms with E-state index in [1.54, 1.807) is 6.07 Å². The number of pyridine rings is 1. The second-order valence-electron chi connectivity index (χ2n) is 4.37. The van der Waals surface area contributed by atoms with Crippen LogP contribution in [0.5, 0.6) is 0 Å². The first-order valence-electron chi connectivity index (χ1n) is 6.08. The van der Waals surface area contributed by atoms with Gasteiger partial charge in [0.25, 0.3) is 5.91 Å². The van der Waals surface area contributed by atoms with Gasteiger partial charge in [0.15, 0.2) is 0 Å². The van der Waals surface area contributed by atoms with E-state index in [9.17, 15) is 4.79 Å². The van der Waals surface area contributed by atoms with Crippen LogP contribution < -0.4 is 16.8 Å². The van der Waals surface area contributed by atoms with E-state index in [0.717, 1.165) is 19.4 Å². The summed E-state index contributed by atoms with van der Waals surface area (Å²) in [7, 11) is 0. The third-order valence-electron chi connectivity index (χ3n) is 2.95. The molecule has 0 aliphatic carbocycles. The average Bonchev–Trinajstić information content (AvgIpc) is 2.38. The molecule has 18 heavy (non-hydrogen) atoms. The number of carbonyl (C=O) groups excluding carboxylic acids is 1. The van der Waals surface area contributed by atoms with Gasteiger partial charge in [0, 0.05) is 13.2 Å². The molecule has 0 radical (unpaired) electrons. The number of rotatable bonds is 4. The van der Waals surface area contributed by atoms with E-state index in [2.05, 4.69) is 10.3 Å². The van der Waals surface area contributed by atoms with Gasteiger partial charge in [-0.25, -0.2) is 4.98 Å². The van der Waals surface area contributed by atoms with Crippen molar-refractivity contribution in [3.8, 4) is 0 Å². The summed E-state index contributed by atoms with van der Waals surface area (Å²) < 4.78 is 5.59. The van der Waals surface area contributed by atoms with E-state index in [4.69, 9.17) is 16.2 Å². The maximum Gasteiger partial charge on any atom is 0.267 e. The Morgan fingerprint density at radius 1 is 1.50 bits per heavy atom. The quantitative estimate of drug-likeness (QED) is 0.731. The lowest BCUT2D eigenvalue weighted by Crippen LogP contribution is -2.27. The predicted octanol–water partition coefficient (Wildman–Crippen LogP) is 0.744. The Kier molecular flexibility index (Phi) is 3.99. The molecule has 1 aromatic rings. The fraction of sp³-hybridized carbons (Fsp3) is 0.500. The molecule has 1 aliphatic rings. The third kappa shape index (κ3) is 3.10. The molecule has 1 unspecified atom stereocenters. The first-order valence-corrected chi connectivity index (χ1v) is 6.08. The molecule has 0 bridgehead atoms. The average molecular weight is 250 g/mol. The molecule has 0 aromatic carbocycles. The van der Waals surface area contributed by atoms with Gasteiger partial charge in [0.2, 0.25) is 0 Å². The first-order chi connectivity index (χ1) is 8.66. The SMILES string of the molecule is NC(=O)c1ccc(N)c(NCC2CCCCO2)n1. The Morgan fingerprint density at radius 3 is 3.00 bits per heavy atom. The summed E-state index contributed by atoms with van der Waals surface area (Å²) in [4.78, 5) is 15.1. The van der Waals surface area contributed by atoms with Crippen molar-refractivity contribution in [1.82, 2.24) is 4.98 Å². The molecular weight excluding hydrogens is 232 g/mol. The minimum Gasteiger partial charge on any atom is -0.396 e. The number of anilines is 2. The monoisotopic (exact) mass is 250 g/mol. The van der Waals surface area contributed by atoms with Crippen LogP contribution in [0.4, 0.5) is 11.5 Å². The fourth-order valence-corrected chi connectivity index (χ4v) is 1.93. The number of nitrogens with one attached hydrogen (secondary N) is 1. The number of ether oxygens (including phenoxy) is 1. The van der Waals surface area contributed by atoms with Crippen LogP contribution in [0.2, 0.25) is 0 Å². The number of aromatic nitrogens is 1. The minimum absolute atomic E-state index is 0.178. The van der Waals surface area contributed by atoms with E-state index in [1.807, 2.05) is 0 Å². The highest BCUT2D eigenvalue weighted by Gasteiger charge is 2.14. The molecule has 6 heteroatoms. The van der Waals surface area contributed by atoms with E-state index >= 15 is 0 Å². The molecule has 1 amide bonds. The highest BCUT2D eigenvalue weighted by atomic mass is 16.5. The maximum atomic E-state index is 11.0. The zero-order valence-electron chi connectivity index (χ0n) is 10.2. The molecule has 5 N–H and O–H groups in total. The molecule has 0 spiro atoms. The van der Waals surface area contributed by atoms with Crippen LogP contribution in [-0.4, -0.2) is 30.1 Å². The molecule has 0 saturated carbocycles. The fourth-order valence-electron chi connectivity index (χ4n) is 1.93. The zero-order valence-corrected chi connectivity index (χ0v) is 10.2. The van der Waals surface area contributed by atoms with E-state index in [1.165, 1.54) is 12.5 Å². The topological polar surface area (TPSA) is 103 Å². The van der Waals surface area contributed by atoms with Crippen LogP contribution in [-0.2, 0) is 4.74 Å². The Morgan fingerprint density at radius 2 is 2.33 bits per heavy atom. The number of primary amides is 1. The predicted molar refractivity (Wildman–Crippen MR) is 69.2 cm³/mol. The molecule has 1 atom stereocenters. The molecular formula is C12H18N4O2. The Bertz CT molecular complexity index is 430. The van der Waals surface area contributed by atoms with Crippen molar-refractivity contribution in [1.29, 1.82) is 0 Å². The van der Waals surface area contributed by atoms with E-state index in [-0.39, 0.29) is 11.8 Å². The van der Waals surface area contributed by atoms with Gasteiger partial charge < -0.3 is 21.5 Å². The lowest BCUT2D eigenvalue weighted by molar-refractivity contribution is 0.0247. The number of nitrogen functional groups attached to an aromatic ring is 1. The Hall–Kier alpha value is -1.82. The summed E-state index contributed by atoms with van der Waals surface area (Å²) >= 11 is 0. The third-order valence-corrected chi connectivity index (χ3v) is 2.95. The molecule has 2 heterocycles. The van der Waals surface area contributed by atoms with Gasteiger partial charge in [0.1, 0.15) is 11.5 Å². The summed E-state index contributed by atoms with van der Waals surface area (Å²) in [5, 5.41) is 3.11. The van der Waals surface area contributed by atoms with Crippen LogP contribution in [0.3, 0.4) is 0 Å². The van der Waals surface area contributed by atoms with Crippen molar-refractivity contribution < 1.29 is 9.53 Å². The number of amides is 1. The summed E-state index contributed by atoms with van der Waals surface area (Å²) in [6.45, 7) is 1.44. The summed E-state index contributed by atoms with van der Waals surface area (Å²) in [6, 6.07) is 3.14. The lowest BCUT2D eigenvalue weighted by atomic mass is 10.1. The van der Waals surface area contributed by atoms with Crippen molar-refractivity contribution in [2.45, 2.75) is 25.4 Å². The normalized spacial score (nSPS) is 19.4. The van der Waals surface area contributed by atoms with Crippen molar-refractivity contribution >= 4 is 17.4 Å². The van der Waals surface area contributed by atoms with Gasteiger partial charge in [-0.15, -0.1) is 0 Å². The summed E-state index contributed by atoms with van der Waals surface area (Å²) in [6.07, 6.45) is 3.50. The van der Waals surface area contributed by atoms with Gasteiger partial charge in [-0.3, -0.25) is 4.79 Å². The highest BCUT2D eigenvalue weighted by Crippen LogP contribution is 2.18. The standard InChI is InChI=1S/C12H18N4O2/c13-9-4-5-10(11(14)17)16-12(9)15-7-8-3-1-2-6-18-8/h4-5,8H,1-3,6-7,13H2,(H2,14,17)(H,15,16). The molecule has 2 rings (SSSR count). The number of nitrogens with zero attached hydrogens (tertiary/aromatic N) is 1. The summed E-state index contributed by atoms with van der Waals surface area (Å²) in [5.41, 5.74) is 11.7. The van der Waals surface area contributed by atoms with Crippen molar-refractivity contribution in [3.05, 3.63) is 17.8 Å². The number of carbonyl (C=O) groups is 1. The van der Waals surface area contributed by atoms with Crippen molar-refractivity contribution in [3.63, 3.8) is 0 Å². The van der Waals surface area contributed by atoms with Gasteiger partial charge in [-0.1, -0.05) is 0 Å². The Balaban J connectivity index is 1.99. The molecule has 1 fully saturated rings. The van der Waals surface area contributed by atoms with Crippen LogP contribution in [0.1, 0.15) is 29.8 Å². The smallest absolute Gasteiger partial charge is 0.267 e. The second kappa shape index (κ2) is 5.68. The van der Waals surface area contributed by atoms with Crippen LogP contribution in [0.25, 0.3) is 0 Å². The second-order valence-corrected chi connectivity index (χ2v) is 4.37. The van der Waals surface area contributed by atoms with Crippen molar-refractivity contribution in [2.75, 3.05) is 24.2 Å². The molecule has 1 aliphatic heterocycles. The van der Waals surface area contributed by atoms with Crippen LogP contribution in [0.15, 0.2) is 12.1 Å². The lowest BCUT2D eigenvalue weighted by Gasteiger charge is -2.23. The number of nitrogens with two attached hydrogens (primary N) is 2. The largest absolute Gasteiger partial charge is 0.396 e. The molecule has 1 aromatic heterocycles. The number of hydrogen-bond donors (Lipinski definition) is 3. The van der Waals surface area contributed by atoms with Crippen molar-refractivity contribution in [2.24, 2.45) is 5.73 Å². The molecule has 1 saturated heterocycles. The van der Waals surface area contributed by atoms with Crippen LogP contribution >= 0.6 is 0 Å². The maximum absolute atomic E-state index is 11.0. The number of hydrogen-bond acceptors (Lipinski definition) is 5. The van der Waals surface area contributed by atoms with Gasteiger partial charge >= 0.3 is 0 Å². The van der Waals surface area contributed by atoms with Crippen LogP contribution in [0, 0.1) is 0 Å². The first kappa shape index (κ1) is 12.6. The molecule has 98 valence electrons. The van der Waals surface area contributed by atoms with Gasteiger partial charge in [-0.05, 0) is 31.4 Å². The minimum atomic E-state index is -0.563. The van der Waals surface area contributed by atoms with E-state index < -0.39 is 5.91 Å². The summed E-state index contributed by atoms with van der Waals surface area (Å²) in [5.74, 6) is -0.0764. The zero-order chi connectivity index (χ0) is 13.0. The molecule has 6 nitrogen and oxygen atoms in total. The highest BCUT2D eigenvalue weighted by molar-refractivity contribution is 5.91.